The summed E-state index contributed by atoms with van der Waals surface area (Å²) < 4.78 is 38.2. The number of alkyl halides is 3. The van der Waals surface area contributed by atoms with Crippen molar-refractivity contribution < 1.29 is 23.1 Å². The first-order valence-corrected chi connectivity index (χ1v) is 7.16. The van der Waals surface area contributed by atoms with E-state index in [-0.39, 0.29) is 18.2 Å². The Morgan fingerprint density at radius 3 is 2.82 bits per heavy atom. The predicted molar refractivity (Wildman–Crippen MR) is 76.6 cm³/mol. The third-order valence-electron chi connectivity index (χ3n) is 3.87. The Hall–Kier alpha value is -1.76. The molecule has 0 bridgehead atoms. The zero-order valence-corrected chi connectivity index (χ0v) is 12.3. The maximum Gasteiger partial charge on any atom is 0.416 e. The van der Waals surface area contributed by atoms with E-state index < -0.39 is 17.8 Å². The van der Waals surface area contributed by atoms with Crippen LogP contribution in [0.25, 0.3) is 0 Å². The summed E-state index contributed by atoms with van der Waals surface area (Å²) in [5.74, 6) is 0.0297. The van der Waals surface area contributed by atoms with Crippen molar-refractivity contribution in [2.75, 3.05) is 25.0 Å². The highest BCUT2D eigenvalue weighted by molar-refractivity contribution is 5.90. The van der Waals surface area contributed by atoms with E-state index in [4.69, 9.17) is 5.11 Å². The zero-order chi connectivity index (χ0) is 16.3. The summed E-state index contributed by atoms with van der Waals surface area (Å²) in [5.41, 5.74) is -0.0664. The molecule has 1 fully saturated rings. The zero-order valence-electron chi connectivity index (χ0n) is 12.3. The number of nitrogens with zero attached hydrogens (tertiary/aromatic N) is 1. The maximum absolute atomic E-state index is 12.7. The molecule has 0 aromatic heterocycles. The smallest absolute Gasteiger partial charge is 0.396 e. The second-order valence-corrected chi connectivity index (χ2v) is 5.59. The van der Waals surface area contributed by atoms with Gasteiger partial charge in [0.05, 0.1) is 5.56 Å². The summed E-state index contributed by atoms with van der Waals surface area (Å²) in [7, 11) is 0. The third-order valence-corrected chi connectivity index (χ3v) is 3.87. The molecule has 1 heterocycles. The molecule has 0 aliphatic carbocycles. The average Bonchev–Trinajstić information content (AvgIpc) is 2.48. The number of halogens is 3. The number of anilines is 1. The van der Waals surface area contributed by atoms with Crippen LogP contribution >= 0.6 is 0 Å². The van der Waals surface area contributed by atoms with E-state index in [0.717, 1.165) is 25.0 Å². The molecule has 0 spiro atoms. The minimum Gasteiger partial charge on any atom is -0.396 e. The summed E-state index contributed by atoms with van der Waals surface area (Å²) >= 11 is 0. The van der Waals surface area contributed by atoms with Crippen LogP contribution < -0.4 is 5.32 Å². The van der Waals surface area contributed by atoms with Crippen LogP contribution in [0.3, 0.4) is 0 Å². The van der Waals surface area contributed by atoms with Crippen molar-refractivity contribution in [2.24, 2.45) is 5.92 Å². The number of aliphatic hydroxyl groups excluding tert-OH is 1. The minimum atomic E-state index is -4.44. The fraction of sp³-hybridized carbons (Fsp3) is 0.533. The Kier molecular flexibility index (Phi) is 4.95. The van der Waals surface area contributed by atoms with Gasteiger partial charge in [-0.15, -0.1) is 0 Å². The predicted octanol–water partition coefficient (Wildman–Crippen LogP) is 3.25. The quantitative estimate of drug-likeness (QED) is 0.880. The monoisotopic (exact) mass is 316 g/mol. The van der Waals surface area contributed by atoms with Crippen LogP contribution in [-0.4, -0.2) is 35.7 Å². The highest BCUT2D eigenvalue weighted by atomic mass is 19.4. The van der Waals surface area contributed by atoms with Gasteiger partial charge < -0.3 is 15.3 Å². The molecule has 4 nitrogen and oxygen atoms in total. The molecule has 0 saturated carbocycles. The Bertz CT molecular complexity index is 546. The van der Waals surface area contributed by atoms with E-state index >= 15 is 0 Å². The number of piperidine rings is 1. The van der Waals surface area contributed by atoms with Crippen molar-refractivity contribution in [1.82, 2.24) is 4.90 Å². The molecule has 7 heteroatoms. The van der Waals surface area contributed by atoms with Gasteiger partial charge >= 0.3 is 12.2 Å². The topological polar surface area (TPSA) is 52.6 Å². The van der Waals surface area contributed by atoms with Crippen molar-refractivity contribution in [3.05, 3.63) is 29.3 Å². The molecule has 1 aliphatic heterocycles. The van der Waals surface area contributed by atoms with Crippen molar-refractivity contribution in [2.45, 2.75) is 25.9 Å². The Morgan fingerprint density at radius 1 is 1.45 bits per heavy atom. The van der Waals surface area contributed by atoms with Crippen LogP contribution in [0.2, 0.25) is 0 Å². The van der Waals surface area contributed by atoms with Gasteiger partial charge in [-0.2, -0.15) is 13.2 Å². The molecule has 2 N–H and O–H groups in total. The number of likely N-dealkylation sites (tertiary alicyclic amines) is 1. The van der Waals surface area contributed by atoms with Gasteiger partial charge in [0.15, 0.2) is 0 Å². The lowest BCUT2D eigenvalue weighted by molar-refractivity contribution is -0.137. The van der Waals surface area contributed by atoms with Gasteiger partial charge in [0.25, 0.3) is 0 Å². The number of benzene rings is 1. The molecule has 22 heavy (non-hydrogen) atoms. The van der Waals surface area contributed by atoms with Crippen molar-refractivity contribution >= 4 is 11.7 Å². The van der Waals surface area contributed by atoms with Gasteiger partial charge in [-0.3, -0.25) is 0 Å². The number of aryl methyl sites for hydroxylation is 1. The highest BCUT2D eigenvalue weighted by Gasteiger charge is 2.31. The molecule has 2 amide bonds. The molecule has 0 radical (unpaired) electrons. The Morgan fingerprint density at radius 2 is 2.18 bits per heavy atom. The van der Waals surface area contributed by atoms with Gasteiger partial charge in [0, 0.05) is 25.4 Å². The minimum absolute atomic E-state index is 0.00632. The van der Waals surface area contributed by atoms with E-state index in [1.807, 2.05) is 0 Å². The van der Waals surface area contributed by atoms with Gasteiger partial charge in [-0.25, -0.2) is 4.79 Å². The van der Waals surface area contributed by atoms with E-state index in [9.17, 15) is 18.0 Å². The summed E-state index contributed by atoms with van der Waals surface area (Å²) in [5, 5.41) is 11.7. The van der Waals surface area contributed by atoms with Crippen molar-refractivity contribution in [3.63, 3.8) is 0 Å². The number of carbonyl (C=O) groups is 1. The summed E-state index contributed by atoms with van der Waals surface area (Å²) in [6, 6.07) is 2.85. The number of hydrogen-bond donors (Lipinski definition) is 2. The van der Waals surface area contributed by atoms with E-state index in [1.165, 1.54) is 11.0 Å². The molecular weight excluding hydrogens is 297 g/mol. The Balaban J connectivity index is 2.11. The largest absolute Gasteiger partial charge is 0.416 e. The van der Waals surface area contributed by atoms with Crippen LogP contribution in [0.4, 0.5) is 23.7 Å². The first-order chi connectivity index (χ1) is 10.3. The molecule has 1 aromatic carbocycles. The second kappa shape index (κ2) is 6.56. The first-order valence-electron chi connectivity index (χ1n) is 7.16. The fourth-order valence-corrected chi connectivity index (χ4v) is 2.53. The van der Waals surface area contributed by atoms with Gasteiger partial charge in [0.2, 0.25) is 0 Å². The number of carbonyl (C=O) groups excluding carboxylic acids is 1. The lowest BCUT2D eigenvalue weighted by Crippen LogP contribution is -2.43. The fourth-order valence-electron chi connectivity index (χ4n) is 2.53. The molecule has 1 atom stereocenters. The number of urea groups is 1. The molecule has 2 rings (SSSR count). The van der Waals surface area contributed by atoms with E-state index in [1.54, 1.807) is 6.92 Å². The van der Waals surface area contributed by atoms with Crippen LogP contribution in [0.15, 0.2) is 18.2 Å². The van der Waals surface area contributed by atoms with Gasteiger partial charge in [-0.05, 0) is 43.4 Å². The molecule has 1 saturated heterocycles. The van der Waals surface area contributed by atoms with Crippen molar-refractivity contribution in [3.8, 4) is 0 Å². The number of hydrogen-bond acceptors (Lipinski definition) is 2. The van der Waals surface area contributed by atoms with Crippen LogP contribution in [0.1, 0.15) is 24.0 Å². The number of aliphatic hydroxyl groups is 1. The molecular formula is C15H19F3N2O2. The van der Waals surface area contributed by atoms with Gasteiger partial charge in [0.1, 0.15) is 0 Å². The van der Waals surface area contributed by atoms with Crippen LogP contribution in [0.5, 0.6) is 0 Å². The highest BCUT2D eigenvalue weighted by Crippen LogP contribution is 2.32. The molecule has 1 unspecified atom stereocenters. The van der Waals surface area contributed by atoms with Gasteiger partial charge in [-0.1, -0.05) is 6.07 Å². The first kappa shape index (κ1) is 16.6. The molecule has 1 aliphatic rings. The Labute approximate surface area is 126 Å². The third kappa shape index (κ3) is 3.91. The standard InChI is InChI=1S/C15H19F3N2O2/c1-10-4-5-12(15(16,17)18)7-13(10)19-14(22)20-6-2-3-11(8-20)9-21/h4-5,7,11,21H,2-3,6,8-9H2,1H3,(H,19,22). The number of rotatable bonds is 2. The lowest BCUT2D eigenvalue weighted by atomic mass is 9.99. The summed E-state index contributed by atoms with van der Waals surface area (Å²) in [6.45, 7) is 2.61. The normalized spacial score (nSPS) is 19.1. The average molecular weight is 316 g/mol. The molecule has 1 aromatic rings. The lowest BCUT2D eigenvalue weighted by Gasteiger charge is -2.32. The maximum atomic E-state index is 12.7. The van der Waals surface area contributed by atoms with E-state index in [0.29, 0.717) is 18.7 Å². The number of amides is 2. The van der Waals surface area contributed by atoms with Crippen molar-refractivity contribution in [1.29, 1.82) is 0 Å². The van der Waals surface area contributed by atoms with E-state index in [2.05, 4.69) is 5.32 Å². The number of nitrogens with one attached hydrogen (secondary N) is 1. The second-order valence-electron chi connectivity index (χ2n) is 5.59. The van der Waals surface area contributed by atoms with Crippen LogP contribution in [0, 0.1) is 12.8 Å². The summed E-state index contributed by atoms with van der Waals surface area (Å²) in [6.07, 6.45) is -2.82. The van der Waals surface area contributed by atoms with Crippen LogP contribution in [-0.2, 0) is 6.18 Å². The summed E-state index contributed by atoms with van der Waals surface area (Å²) in [4.78, 5) is 13.7. The molecule has 122 valence electrons. The SMILES string of the molecule is Cc1ccc(C(F)(F)F)cc1NC(=O)N1CCCC(CO)C1.